The minimum atomic E-state index is -2.90. The molecule has 2 aliphatic heterocycles. The van der Waals surface area contributed by atoms with E-state index in [0.29, 0.717) is 37.4 Å². The summed E-state index contributed by atoms with van der Waals surface area (Å²) in [5.74, 6) is 1.13. The molecule has 2 amide bonds. The smallest absolute Gasteiger partial charge is 0.255 e. The van der Waals surface area contributed by atoms with E-state index in [1.54, 1.807) is 0 Å². The predicted molar refractivity (Wildman–Crippen MR) is 209 cm³/mol. The van der Waals surface area contributed by atoms with E-state index in [0.717, 1.165) is 58.6 Å². The van der Waals surface area contributed by atoms with Gasteiger partial charge in [0.1, 0.15) is 11.9 Å². The molecular formula is C42H46N6O4S. The summed E-state index contributed by atoms with van der Waals surface area (Å²) in [5.41, 5.74) is 7.26. The number of benzene rings is 4. The number of H-pyrrole nitrogens is 1. The summed E-state index contributed by atoms with van der Waals surface area (Å²) in [6, 6.07) is 33.0. The SMILES string of the molecule is CN(C)[C@@H](C(=O)N1CCCC[C@H]1c1ncc(-c2ccc(-c3ccc(C(=O)Nc4ccc(CN5CCS(=O)(=O)CC5)cc4)cc3)cc2)[nH]1)c1ccccc1. The number of carbonyl (C=O) groups is 2. The van der Waals surface area contributed by atoms with Crippen LogP contribution in [0.25, 0.3) is 22.4 Å². The maximum absolute atomic E-state index is 14.0. The monoisotopic (exact) mass is 730 g/mol. The molecule has 0 aliphatic carbocycles. The van der Waals surface area contributed by atoms with Gasteiger partial charge in [-0.15, -0.1) is 0 Å². The van der Waals surface area contributed by atoms with Crippen molar-refractivity contribution in [3.05, 3.63) is 132 Å². The first-order valence-electron chi connectivity index (χ1n) is 18.2. The van der Waals surface area contributed by atoms with E-state index in [9.17, 15) is 18.0 Å². The van der Waals surface area contributed by atoms with Crippen molar-refractivity contribution in [3.63, 3.8) is 0 Å². The van der Waals surface area contributed by atoms with Gasteiger partial charge in [-0.25, -0.2) is 13.4 Å². The lowest BCUT2D eigenvalue weighted by molar-refractivity contribution is -0.140. The van der Waals surface area contributed by atoms with Crippen molar-refractivity contribution >= 4 is 27.3 Å². The third-order valence-corrected chi connectivity index (χ3v) is 11.9. The van der Waals surface area contributed by atoms with Crippen LogP contribution in [0.5, 0.6) is 0 Å². The molecule has 2 atom stereocenters. The number of amides is 2. The molecule has 1 aromatic heterocycles. The second-order valence-corrected chi connectivity index (χ2v) is 16.5. The Labute approximate surface area is 311 Å². The molecule has 2 saturated heterocycles. The Kier molecular flexibility index (Phi) is 10.9. The lowest BCUT2D eigenvalue weighted by Crippen LogP contribution is -2.45. The molecular weight excluding hydrogens is 685 g/mol. The topological polar surface area (TPSA) is 119 Å². The van der Waals surface area contributed by atoms with Crippen molar-refractivity contribution in [3.8, 4) is 22.4 Å². The highest BCUT2D eigenvalue weighted by Gasteiger charge is 2.35. The predicted octanol–water partition coefficient (Wildman–Crippen LogP) is 6.58. The highest BCUT2D eigenvalue weighted by Crippen LogP contribution is 2.34. The van der Waals surface area contributed by atoms with Gasteiger partial charge in [0.15, 0.2) is 9.84 Å². The Morgan fingerprint density at radius 3 is 2.13 bits per heavy atom. The number of anilines is 1. The molecule has 7 rings (SSSR count). The van der Waals surface area contributed by atoms with Crippen LogP contribution in [0.2, 0.25) is 0 Å². The molecule has 2 aliphatic rings. The van der Waals surface area contributed by atoms with Crippen LogP contribution >= 0.6 is 0 Å². The first-order chi connectivity index (χ1) is 25.6. The summed E-state index contributed by atoms with van der Waals surface area (Å²) in [5, 5.41) is 2.97. The Bertz CT molecular complexity index is 2120. The summed E-state index contributed by atoms with van der Waals surface area (Å²) < 4.78 is 23.4. The number of imidazole rings is 1. The molecule has 0 unspecified atom stereocenters. The molecule has 3 heterocycles. The Morgan fingerprint density at radius 1 is 0.830 bits per heavy atom. The van der Waals surface area contributed by atoms with Gasteiger partial charge in [-0.2, -0.15) is 0 Å². The zero-order valence-corrected chi connectivity index (χ0v) is 31.1. The Morgan fingerprint density at radius 2 is 1.47 bits per heavy atom. The van der Waals surface area contributed by atoms with Gasteiger partial charge in [-0.1, -0.05) is 78.9 Å². The van der Waals surface area contributed by atoms with E-state index >= 15 is 0 Å². The molecule has 53 heavy (non-hydrogen) atoms. The summed E-state index contributed by atoms with van der Waals surface area (Å²) in [6.07, 6.45) is 4.74. The molecule has 0 bridgehead atoms. The van der Waals surface area contributed by atoms with Gasteiger partial charge < -0.3 is 15.2 Å². The van der Waals surface area contributed by atoms with Crippen LogP contribution in [0, 0.1) is 0 Å². The van der Waals surface area contributed by atoms with E-state index in [1.165, 1.54) is 0 Å². The van der Waals surface area contributed by atoms with Crippen LogP contribution in [0.3, 0.4) is 0 Å². The number of nitrogens with zero attached hydrogens (tertiary/aromatic N) is 4. The summed E-state index contributed by atoms with van der Waals surface area (Å²) in [4.78, 5) is 41.5. The van der Waals surface area contributed by atoms with Crippen molar-refractivity contribution in [2.24, 2.45) is 0 Å². The van der Waals surface area contributed by atoms with Crippen molar-refractivity contribution in [2.45, 2.75) is 37.9 Å². The largest absolute Gasteiger partial charge is 0.340 e. The van der Waals surface area contributed by atoms with E-state index < -0.39 is 9.84 Å². The number of likely N-dealkylation sites (tertiary alicyclic amines) is 1. The van der Waals surface area contributed by atoms with E-state index in [1.807, 2.05) is 109 Å². The second-order valence-electron chi connectivity index (χ2n) is 14.2. The minimum Gasteiger partial charge on any atom is -0.340 e. The lowest BCUT2D eigenvalue weighted by atomic mass is 9.97. The lowest BCUT2D eigenvalue weighted by Gasteiger charge is -2.38. The van der Waals surface area contributed by atoms with E-state index in [-0.39, 0.29) is 35.4 Å². The molecule has 0 saturated carbocycles. The van der Waals surface area contributed by atoms with Crippen molar-refractivity contribution in [2.75, 3.05) is 50.6 Å². The molecule has 2 N–H and O–H groups in total. The standard InChI is InChI=1S/C42H46N6O4S/c1-46(2)39(34-8-4-3-5-9-34)42(50)48-23-7-6-10-38(48)40-43-28-37(45-40)33-17-13-31(14-18-33)32-15-19-35(20-16-32)41(49)44-36-21-11-30(12-22-36)29-47-24-26-53(51,52)27-25-47/h3-5,8-9,11-22,28,38-39H,6-7,10,23-27,29H2,1-2H3,(H,43,45)(H,44,49)/t38-,39+/m0/s1. The number of nitrogens with one attached hydrogen (secondary N) is 2. The van der Waals surface area contributed by atoms with Crippen LogP contribution in [0.15, 0.2) is 109 Å². The number of sulfone groups is 1. The molecule has 0 spiro atoms. The fourth-order valence-corrected chi connectivity index (χ4v) is 8.58. The summed E-state index contributed by atoms with van der Waals surface area (Å²) in [6.45, 7) is 2.48. The second kappa shape index (κ2) is 15.9. The van der Waals surface area contributed by atoms with Gasteiger partial charge in [0.05, 0.1) is 29.4 Å². The minimum absolute atomic E-state index is 0.0953. The molecule has 10 nitrogen and oxygen atoms in total. The molecule has 0 radical (unpaired) electrons. The van der Waals surface area contributed by atoms with Crippen LogP contribution in [0.1, 0.15) is 58.7 Å². The fourth-order valence-electron chi connectivity index (χ4n) is 7.31. The molecule has 274 valence electrons. The third kappa shape index (κ3) is 8.59. The van der Waals surface area contributed by atoms with Crippen LogP contribution in [-0.4, -0.2) is 90.1 Å². The fraction of sp³-hybridized carbons (Fsp3) is 0.310. The third-order valence-electron chi connectivity index (χ3n) is 10.3. The Balaban J connectivity index is 0.967. The number of hydrogen-bond donors (Lipinski definition) is 2. The zero-order valence-electron chi connectivity index (χ0n) is 30.2. The van der Waals surface area contributed by atoms with Crippen LogP contribution < -0.4 is 5.32 Å². The molecule has 11 heteroatoms. The average molecular weight is 731 g/mol. The van der Waals surface area contributed by atoms with Crippen LogP contribution in [0.4, 0.5) is 5.69 Å². The number of piperidine rings is 1. The normalized spacial score (nSPS) is 18.1. The number of rotatable bonds is 10. The van der Waals surface area contributed by atoms with Crippen molar-refractivity contribution in [1.29, 1.82) is 0 Å². The molecule has 4 aromatic carbocycles. The number of likely N-dealkylation sites (N-methyl/N-ethyl adjacent to an activating group) is 1. The number of hydrogen-bond acceptors (Lipinski definition) is 7. The molecule has 5 aromatic rings. The Hall–Kier alpha value is -5.10. The molecule has 2 fully saturated rings. The van der Waals surface area contributed by atoms with Crippen LogP contribution in [-0.2, 0) is 21.2 Å². The van der Waals surface area contributed by atoms with Gasteiger partial charge >= 0.3 is 0 Å². The van der Waals surface area contributed by atoms with E-state index in [2.05, 4.69) is 39.5 Å². The number of aromatic nitrogens is 2. The maximum atomic E-state index is 14.0. The van der Waals surface area contributed by atoms with Crippen molar-refractivity contribution in [1.82, 2.24) is 24.7 Å². The first-order valence-corrected chi connectivity index (χ1v) is 20.1. The zero-order chi connectivity index (χ0) is 37.0. The van der Waals surface area contributed by atoms with E-state index in [4.69, 9.17) is 4.98 Å². The first kappa shape index (κ1) is 36.3. The van der Waals surface area contributed by atoms with Gasteiger partial charge in [-0.05, 0) is 85.4 Å². The summed E-state index contributed by atoms with van der Waals surface area (Å²) in [7, 11) is 1.00. The van der Waals surface area contributed by atoms with Gasteiger partial charge in [0.2, 0.25) is 5.91 Å². The highest BCUT2D eigenvalue weighted by molar-refractivity contribution is 7.91. The average Bonchev–Trinajstić information content (AvgIpc) is 3.67. The number of aromatic amines is 1. The summed E-state index contributed by atoms with van der Waals surface area (Å²) >= 11 is 0. The number of carbonyl (C=O) groups excluding carboxylic acids is 2. The van der Waals surface area contributed by atoms with Gasteiger partial charge in [0, 0.05) is 37.4 Å². The van der Waals surface area contributed by atoms with Crippen molar-refractivity contribution < 1.29 is 18.0 Å². The highest BCUT2D eigenvalue weighted by atomic mass is 32.2. The van der Waals surface area contributed by atoms with Gasteiger partial charge in [0.25, 0.3) is 5.91 Å². The maximum Gasteiger partial charge on any atom is 0.255 e. The van der Waals surface area contributed by atoms with Gasteiger partial charge in [-0.3, -0.25) is 19.4 Å². The quantitative estimate of drug-likeness (QED) is 0.167.